The van der Waals surface area contributed by atoms with Crippen LogP contribution in [0.4, 0.5) is 5.82 Å². The van der Waals surface area contributed by atoms with Crippen LogP contribution in [0.15, 0.2) is 12.3 Å². The summed E-state index contributed by atoms with van der Waals surface area (Å²) in [7, 11) is 0. The Balaban J connectivity index is 2.30. The van der Waals surface area contributed by atoms with Gasteiger partial charge >= 0.3 is 5.97 Å². The first-order valence-corrected chi connectivity index (χ1v) is 5.91. The number of carboxylic acids is 1. The Morgan fingerprint density at radius 3 is 2.82 bits per heavy atom. The van der Waals surface area contributed by atoms with Crippen molar-refractivity contribution in [3.63, 3.8) is 0 Å². The largest absolute Gasteiger partial charge is 0.478 e. The molecule has 1 aliphatic rings. The van der Waals surface area contributed by atoms with Gasteiger partial charge in [-0.3, -0.25) is 0 Å². The van der Waals surface area contributed by atoms with Crippen LogP contribution < -0.4 is 4.90 Å². The lowest BCUT2D eigenvalue weighted by Crippen LogP contribution is -2.35. The maximum Gasteiger partial charge on any atom is 0.339 e. The number of hydrogen-bond donors (Lipinski definition) is 1. The molecule has 0 atom stereocenters. The lowest BCUT2D eigenvalue weighted by molar-refractivity contribution is 0.0697. The number of nitrogens with zero attached hydrogens (tertiary/aromatic N) is 3. The topological polar surface area (TPSA) is 66.3 Å². The van der Waals surface area contributed by atoms with Crippen LogP contribution in [0.25, 0.3) is 0 Å². The zero-order valence-electron chi connectivity index (χ0n) is 10.1. The van der Waals surface area contributed by atoms with Crippen LogP contribution in [-0.2, 0) is 0 Å². The molecule has 1 fully saturated rings. The number of aromatic carboxylic acids is 1. The molecule has 0 spiro atoms. The molecule has 1 N–H and O–H groups in total. The van der Waals surface area contributed by atoms with Crippen molar-refractivity contribution in [1.82, 2.24) is 10.2 Å². The average Bonchev–Trinajstić information content (AvgIpc) is 3.09. The van der Waals surface area contributed by atoms with Crippen molar-refractivity contribution in [3.05, 3.63) is 17.8 Å². The fourth-order valence-corrected chi connectivity index (χ4v) is 1.82. The Bertz CT molecular complexity index is 416. The molecule has 2 rings (SSSR count). The Kier molecular flexibility index (Phi) is 3.26. The highest BCUT2D eigenvalue weighted by molar-refractivity contribution is 5.93. The first kappa shape index (κ1) is 11.8. The van der Waals surface area contributed by atoms with E-state index < -0.39 is 5.97 Å². The minimum atomic E-state index is -0.948. The molecular weight excluding hydrogens is 218 g/mol. The molecule has 1 heterocycles. The summed E-state index contributed by atoms with van der Waals surface area (Å²) >= 11 is 0. The van der Waals surface area contributed by atoms with E-state index in [2.05, 4.69) is 10.2 Å². The van der Waals surface area contributed by atoms with Crippen LogP contribution >= 0.6 is 0 Å². The number of hydrogen-bond acceptors (Lipinski definition) is 4. The minimum Gasteiger partial charge on any atom is -0.478 e. The van der Waals surface area contributed by atoms with Crippen LogP contribution in [-0.4, -0.2) is 33.9 Å². The third-order valence-corrected chi connectivity index (χ3v) is 2.98. The number of carbonyl (C=O) groups is 1. The molecule has 5 nitrogen and oxygen atoms in total. The second kappa shape index (κ2) is 4.69. The summed E-state index contributed by atoms with van der Waals surface area (Å²) < 4.78 is 0. The van der Waals surface area contributed by atoms with Gasteiger partial charge in [0.15, 0.2) is 5.82 Å². The lowest BCUT2D eigenvalue weighted by atomic mass is 10.2. The van der Waals surface area contributed by atoms with Crippen molar-refractivity contribution in [2.45, 2.75) is 32.7 Å². The van der Waals surface area contributed by atoms with Crippen molar-refractivity contribution in [2.24, 2.45) is 5.92 Å². The molecule has 0 bridgehead atoms. The first-order valence-electron chi connectivity index (χ1n) is 5.91. The fraction of sp³-hybridized carbons (Fsp3) is 0.583. The Morgan fingerprint density at radius 2 is 2.29 bits per heavy atom. The first-order chi connectivity index (χ1) is 8.09. The zero-order chi connectivity index (χ0) is 12.4. The fourth-order valence-electron chi connectivity index (χ4n) is 1.82. The van der Waals surface area contributed by atoms with Crippen LogP contribution in [0.5, 0.6) is 0 Å². The Labute approximate surface area is 100 Å². The second-order valence-corrected chi connectivity index (χ2v) is 4.76. The van der Waals surface area contributed by atoms with Crippen LogP contribution in [0, 0.1) is 5.92 Å². The van der Waals surface area contributed by atoms with Gasteiger partial charge in [-0.25, -0.2) is 4.79 Å². The van der Waals surface area contributed by atoms with Gasteiger partial charge in [0.05, 0.1) is 6.20 Å². The van der Waals surface area contributed by atoms with Crippen LogP contribution in [0.3, 0.4) is 0 Å². The molecule has 17 heavy (non-hydrogen) atoms. The molecule has 5 heteroatoms. The summed E-state index contributed by atoms with van der Waals surface area (Å²) in [5, 5.41) is 17.0. The molecule has 1 aromatic rings. The molecule has 0 unspecified atom stereocenters. The predicted molar refractivity (Wildman–Crippen MR) is 64.2 cm³/mol. The van der Waals surface area contributed by atoms with Crippen LogP contribution in [0.2, 0.25) is 0 Å². The molecular formula is C12H17N3O2. The van der Waals surface area contributed by atoms with Crippen molar-refractivity contribution in [1.29, 1.82) is 0 Å². The molecule has 0 saturated heterocycles. The second-order valence-electron chi connectivity index (χ2n) is 4.76. The van der Waals surface area contributed by atoms with Crippen molar-refractivity contribution in [2.75, 3.05) is 11.4 Å². The van der Waals surface area contributed by atoms with E-state index in [0.29, 0.717) is 11.7 Å². The van der Waals surface area contributed by atoms with Gasteiger partial charge in [0.2, 0.25) is 0 Å². The van der Waals surface area contributed by atoms with E-state index in [1.54, 1.807) is 0 Å². The molecule has 92 valence electrons. The summed E-state index contributed by atoms with van der Waals surface area (Å²) in [6.07, 6.45) is 3.88. The van der Waals surface area contributed by atoms with Gasteiger partial charge in [0.25, 0.3) is 0 Å². The third-order valence-electron chi connectivity index (χ3n) is 2.98. The molecule has 1 aromatic heterocycles. The molecule has 1 aliphatic carbocycles. The number of aromatic nitrogens is 2. The third kappa shape index (κ3) is 2.72. The molecule has 0 radical (unpaired) electrons. The van der Waals surface area contributed by atoms with E-state index in [0.717, 1.165) is 6.54 Å². The van der Waals surface area contributed by atoms with Gasteiger partial charge in [-0.1, -0.05) is 0 Å². The van der Waals surface area contributed by atoms with Crippen molar-refractivity contribution in [3.8, 4) is 0 Å². The number of carboxylic acid groups (broad SMARTS) is 1. The van der Waals surface area contributed by atoms with Gasteiger partial charge in [-0.2, -0.15) is 5.10 Å². The SMILES string of the molecule is CC(C)N(CC1CC1)c1nnccc1C(=O)O. The van der Waals surface area contributed by atoms with Gasteiger partial charge in [0, 0.05) is 12.6 Å². The van der Waals surface area contributed by atoms with E-state index in [1.165, 1.54) is 25.1 Å². The Hall–Kier alpha value is -1.65. The lowest BCUT2D eigenvalue weighted by Gasteiger charge is -2.28. The maximum atomic E-state index is 11.2. The Morgan fingerprint density at radius 1 is 1.59 bits per heavy atom. The highest BCUT2D eigenvalue weighted by Crippen LogP contribution is 2.32. The van der Waals surface area contributed by atoms with Gasteiger partial charge in [-0.05, 0) is 38.7 Å². The smallest absolute Gasteiger partial charge is 0.339 e. The van der Waals surface area contributed by atoms with E-state index in [4.69, 9.17) is 5.11 Å². The molecule has 0 aliphatic heterocycles. The average molecular weight is 235 g/mol. The number of rotatable bonds is 5. The van der Waals surface area contributed by atoms with Gasteiger partial charge in [-0.15, -0.1) is 5.10 Å². The normalized spacial score (nSPS) is 15.0. The summed E-state index contributed by atoms with van der Waals surface area (Å²) in [5.41, 5.74) is 0.231. The highest BCUT2D eigenvalue weighted by Gasteiger charge is 2.28. The summed E-state index contributed by atoms with van der Waals surface area (Å²) in [6, 6.07) is 1.73. The highest BCUT2D eigenvalue weighted by atomic mass is 16.4. The maximum absolute atomic E-state index is 11.2. The monoisotopic (exact) mass is 235 g/mol. The van der Waals surface area contributed by atoms with E-state index in [-0.39, 0.29) is 11.6 Å². The van der Waals surface area contributed by atoms with E-state index >= 15 is 0 Å². The van der Waals surface area contributed by atoms with Gasteiger partial charge in [0.1, 0.15) is 5.56 Å². The minimum absolute atomic E-state index is 0.227. The van der Waals surface area contributed by atoms with Crippen molar-refractivity contribution < 1.29 is 9.90 Å². The molecule has 0 aromatic carbocycles. The summed E-state index contributed by atoms with van der Waals surface area (Å²) in [5.74, 6) is 0.222. The summed E-state index contributed by atoms with van der Waals surface area (Å²) in [6.45, 7) is 4.96. The zero-order valence-corrected chi connectivity index (χ0v) is 10.1. The van der Waals surface area contributed by atoms with E-state index in [1.807, 2.05) is 18.7 Å². The molecule has 0 amide bonds. The summed E-state index contributed by atoms with van der Waals surface area (Å²) in [4.78, 5) is 13.2. The van der Waals surface area contributed by atoms with E-state index in [9.17, 15) is 4.79 Å². The van der Waals surface area contributed by atoms with Crippen molar-refractivity contribution >= 4 is 11.8 Å². The standard InChI is InChI=1S/C12H17N3O2/c1-8(2)15(7-9-3-4-9)11-10(12(16)17)5-6-13-14-11/h5-6,8-9H,3-4,7H2,1-2H3,(H,16,17). The quantitative estimate of drug-likeness (QED) is 0.843. The predicted octanol–water partition coefficient (Wildman–Crippen LogP) is 1.80. The number of anilines is 1. The molecule has 1 saturated carbocycles. The van der Waals surface area contributed by atoms with Gasteiger partial charge < -0.3 is 10.0 Å². The van der Waals surface area contributed by atoms with Crippen LogP contribution in [0.1, 0.15) is 37.0 Å².